The van der Waals surface area contributed by atoms with Crippen LogP contribution in [0.5, 0.6) is 0 Å². The summed E-state index contributed by atoms with van der Waals surface area (Å²) in [7, 11) is 0.750. The van der Waals surface area contributed by atoms with Gasteiger partial charge in [0.05, 0.1) is 0 Å². The summed E-state index contributed by atoms with van der Waals surface area (Å²) in [5, 5.41) is 0. The number of hydrogen-bond donors (Lipinski definition) is 0. The third-order valence-electron chi connectivity index (χ3n) is 3.53. The van der Waals surface area contributed by atoms with Crippen molar-refractivity contribution in [2.45, 2.75) is 72.5 Å². The molecule has 1 saturated carbocycles. The molecular weight excluding hydrogens is 282 g/mol. The Morgan fingerprint density at radius 2 is 1.58 bits per heavy atom. The van der Waals surface area contributed by atoms with E-state index in [1.54, 1.807) is 0 Å². The van der Waals surface area contributed by atoms with Crippen molar-refractivity contribution in [1.29, 1.82) is 0 Å². The minimum Gasteiger partial charge on any atom is -0.675 e. The molecule has 0 atom stereocenters. The summed E-state index contributed by atoms with van der Waals surface area (Å²) in [5.41, 5.74) is 12.9. The van der Waals surface area contributed by atoms with Gasteiger partial charge in [-0.3, -0.25) is 0 Å². The first-order valence-corrected chi connectivity index (χ1v) is 9.40. The zero-order valence-corrected chi connectivity index (χ0v) is 16.3. The molecule has 1 aromatic carbocycles. The molecule has 1 N–H and O–H groups in total. The molecule has 1 fully saturated rings. The minimum atomic E-state index is 0. The largest absolute Gasteiger partial charge is 2.00 e. The van der Waals surface area contributed by atoms with E-state index in [9.17, 15) is 0 Å². The first-order chi connectivity index (χ1) is 8.43. The van der Waals surface area contributed by atoms with Gasteiger partial charge in [0.25, 0.3) is 0 Å². The Morgan fingerprint density at radius 1 is 1.16 bits per heavy atom. The van der Waals surface area contributed by atoms with Crippen LogP contribution in [-0.2, 0) is 21.7 Å². The summed E-state index contributed by atoms with van der Waals surface area (Å²) < 4.78 is 0. The molecule has 0 heterocycles. The van der Waals surface area contributed by atoms with Crippen LogP contribution < -0.4 is 0 Å². The summed E-state index contributed by atoms with van der Waals surface area (Å²) in [6.45, 7) is 13.1. The van der Waals surface area contributed by atoms with Gasteiger partial charge in [-0.25, -0.2) is 0 Å². The van der Waals surface area contributed by atoms with E-state index in [0.29, 0.717) is 6.04 Å². The predicted octanol–water partition coefficient (Wildman–Crippen LogP) is 5.14. The van der Waals surface area contributed by atoms with Gasteiger partial charge in [-0.1, -0.05) is 66.5 Å². The van der Waals surface area contributed by atoms with Crippen molar-refractivity contribution in [1.82, 2.24) is 0 Å². The van der Waals surface area contributed by atoms with Crippen molar-refractivity contribution in [2.24, 2.45) is 0 Å². The first-order valence-electron chi connectivity index (χ1n) is 7.09. The van der Waals surface area contributed by atoms with Gasteiger partial charge in [0.1, 0.15) is 0 Å². The Balaban J connectivity index is 0. The third kappa shape index (κ3) is 8.91. The molecule has 0 aromatic heterocycles. The number of nitrogens with one attached hydrogen (secondary N) is 1. The Hall–Kier alpha value is 0.241. The molecule has 1 nitrogen and oxygen atoms in total. The van der Waals surface area contributed by atoms with Gasteiger partial charge in [-0.05, 0) is 0 Å². The van der Waals surface area contributed by atoms with Crippen LogP contribution in [0.4, 0.5) is 0 Å². The molecule has 0 bridgehead atoms. The molecule has 0 amide bonds. The molecule has 2 rings (SSSR count). The average molecular weight is 312 g/mol. The van der Waals surface area contributed by atoms with Crippen LogP contribution in [-0.4, -0.2) is 15.6 Å². The maximum atomic E-state index is 7.13. The van der Waals surface area contributed by atoms with Crippen LogP contribution in [0.3, 0.4) is 0 Å². The first kappa shape index (κ1) is 21.5. The van der Waals surface area contributed by atoms with Crippen molar-refractivity contribution in [3.05, 3.63) is 34.1 Å². The fraction of sp³-hybridized carbons (Fsp3) is 0.688. The molecule has 0 aliphatic heterocycles. The van der Waals surface area contributed by atoms with Gasteiger partial charge in [0.15, 0.2) is 0 Å². The van der Waals surface area contributed by atoms with E-state index in [0.717, 1.165) is 22.4 Å². The van der Waals surface area contributed by atoms with Crippen molar-refractivity contribution >= 4 is 9.52 Å². The SMILES string of the molecule is C[SiH]C.Cc1c[c-](C)c(C)c1C.[NH-]C1CCCC1.[Ti+2]. The van der Waals surface area contributed by atoms with Crippen molar-refractivity contribution in [2.75, 3.05) is 0 Å². The standard InChI is InChI=1S/C9H13.C5H10N.C2H7Si.Ti/c1-6-5-7(2)9(4)8(6)3;6-5-3-1-2-4-5;1-3-2;/h5H,1-4H3;5-6H,1-4H2;3H,1-2H3;/q2*-1;;+2. The molecule has 0 unspecified atom stereocenters. The molecule has 1 aliphatic rings. The number of aryl methyl sites for hydroxylation is 2. The van der Waals surface area contributed by atoms with E-state index in [1.807, 2.05) is 0 Å². The maximum absolute atomic E-state index is 7.13. The molecule has 0 spiro atoms. The molecule has 1 aliphatic carbocycles. The van der Waals surface area contributed by atoms with Crippen LogP contribution in [0.15, 0.2) is 6.07 Å². The van der Waals surface area contributed by atoms with E-state index in [4.69, 9.17) is 5.73 Å². The summed E-state index contributed by atoms with van der Waals surface area (Å²) in [6, 6.07) is 2.54. The Morgan fingerprint density at radius 3 is 1.68 bits per heavy atom. The molecular formula is C16H30NSiTi. The van der Waals surface area contributed by atoms with Crippen LogP contribution in [0.1, 0.15) is 47.9 Å². The van der Waals surface area contributed by atoms with Gasteiger partial charge in [0.2, 0.25) is 0 Å². The quantitative estimate of drug-likeness (QED) is 0.468. The molecule has 3 heteroatoms. The van der Waals surface area contributed by atoms with Gasteiger partial charge in [-0.2, -0.15) is 28.3 Å². The smallest absolute Gasteiger partial charge is 0.675 e. The normalized spacial score (nSPS) is 13.8. The zero-order valence-electron chi connectivity index (χ0n) is 13.6. The van der Waals surface area contributed by atoms with E-state index in [2.05, 4.69) is 46.9 Å². The van der Waals surface area contributed by atoms with Crippen molar-refractivity contribution < 1.29 is 21.7 Å². The van der Waals surface area contributed by atoms with Crippen LogP contribution in [0.25, 0.3) is 5.73 Å². The Kier molecular flexibility index (Phi) is 13.6. The Labute approximate surface area is 137 Å². The second-order valence-electron chi connectivity index (χ2n) is 5.32. The Bertz CT molecular complexity index is 305. The second-order valence-corrected chi connectivity index (χ2v) is 6.47. The molecule has 1 aromatic rings. The molecule has 0 saturated heterocycles. The summed E-state index contributed by atoms with van der Waals surface area (Å²) >= 11 is 0. The number of rotatable bonds is 0. The van der Waals surface area contributed by atoms with Crippen molar-refractivity contribution in [3.63, 3.8) is 0 Å². The zero-order chi connectivity index (χ0) is 14.1. The van der Waals surface area contributed by atoms with E-state index < -0.39 is 0 Å². The average Bonchev–Trinajstić information content (AvgIpc) is 2.86. The van der Waals surface area contributed by atoms with Gasteiger partial charge >= 0.3 is 21.7 Å². The topological polar surface area (TPSA) is 23.8 Å². The summed E-state index contributed by atoms with van der Waals surface area (Å²) in [6.07, 6.45) is 4.91. The molecule has 19 heavy (non-hydrogen) atoms. The monoisotopic (exact) mass is 312 g/mol. The van der Waals surface area contributed by atoms with Gasteiger partial charge in [0, 0.05) is 9.52 Å². The van der Waals surface area contributed by atoms with Gasteiger partial charge < -0.3 is 5.73 Å². The minimum absolute atomic E-state index is 0. The predicted molar refractivity (Wildman–Crippen MR) is 86.4 cm³/mol. The van der Waals surface area contributed by atoms with E-state index in [1.165, 1.54) is 35.1 Å². The van der Waals surface area contributed by atoms with E-state index >= 15 is 0 Å². The van der Waals surface area contributed by atoms with Crippen LogP contribution in [0, 0.1) is 27.7 Å². The fourth-order valence-electron chi connectivity index (χ4n) is 2.06. The fourth-order valence-corrected chi connectivity index (χ4v) is 2.06. The van der Waals surface area contributed by atoms with Crippen LogP contribution in [0.2, 0.25) is 13.1 Å². The second kappa shape index (κ2) is 12.0. The maximum Gasteiger partial charge on any atom is 2.00 e. The molecule has 1 radical (unpaired) electrons. The molecule has 107 valence electrons. The third-order valence-corrected chi connectivity index (χ3v) is 3.53. The van der Waals surface area contributed by atoms with Gasteiger partial charge in [-0.15, -0.1) is 6.04 Å². The van der Waals surface area contributed by atoms with Crippen LogP contribution >= 0.6 is 0 Å². The number of hydrogen-bond acceptors (Lipinski definition) is 0. The van der Waals surface area contributed by atoms with E-state index in [-0.39, 0.29) is 21.7 Å². The van der Waals surface area contributed by atoms with Crippen molar-refractivity contribution in [3.8, 4) is 0 Å². The summed E-state index contributed by atoms with van der Waals surface area (Å²) in [5.74, 6) is 0. The summed E-state index contributed by atoms with van der Waals surface area (Å²) in [4.78, 5) is 0.